The van der Waals surface area contributed by atoms with E-state index in [0.29, 0.717) is 20.8 Å². The Morgan fingerprint density at radius 3 is 2.25 bits per heavy atom. The number of halogens is 1. The Kier molecular flexibility index (Phi) is 3.90. The molecule has 24 heavy (non-hydrogen) atoms. The van der Waals surface area contributed by atoms with Gasteiger partial charge in [0.2, 0.25) is 0 Å². The molecule has 0 aliphatic heterocycles. The minimum absolute atomic E-state index is 0.0407. The highest BCUT2D eigenvalue weighted by Gasteiger charge is 2.28. The third-order valence-corrected chi connectivity index (χ3v) is 5.07. The van der Waals surface area contributed by atoms with Crippen molar-refractivity contribution in [1.29, 1.82) is 0 Å². The van der Waals surface area contributed by atoms with E-state index in [2.05, 4.69) is 4.98 Å². The SMILES string of the molecule is Cc1c(C(=O)O)sc2[nH]c(C(=O)O)c(C(=O)c3ccc(Cl)cc3)c12. The van der Waals surface area contributed by atoms with Gasteiger partial charge in [-0.1, -0.05) is 11.6 Å². The summed E-state index contributed by atoms with van der Waals surface area (Å²) in [5, 5.41) is 19.4. The van der Waals surface area contributed by atoms with E-state index in [4.69, 9.17) is 11.6 Å². The van der Waals surface area contributed by atoms with E-state index in [-0.39, 0.29) is 21.7 Å². The maximum Gasteiger partial charge on any atom is 0.353 e. The minimum atomic E-state index is -1.29. The van der Waals surface area contributed by atoms with Gasteiger partial charge >= 0.3 is 11.9 Å². The smallest absolute Gasteiger partial charge is 0.353 e. The van der Waals surface area contributed by atoms with Crippen LogP contribution in [0.4, 0.5) is 0 Å². The Morgan fingerprint density at radius 2 is 1.71 bits per heavy atom. The van der Waals surface area contributed by atoms with Crippen molar-refractivity contribution in [3.05, 3.63) is 56.5 Å². The molecule has 3 aromatic rings. The summed E-state index contributed by atoms with van der Waals surface area (Å²) in [4.78, 5) is 38.7. The number of hydrogen-bond donors (Lipinski definition) is 3. The van der Waals surface area contributed by atoms with Gasteiger partial charge in [0.15, 0.2) is 5.78 Å². The van der Waals surface area contributed by atoms with Gasteiger partial charge in [-0.2, -0.15) is 0 Å². The second kappa shape index (κ2) is 5.77. The number of carbonyl (C=O) groups excluding carboxylic acids is 1. The molecule has 0 spiro atoms. The Hall–Kier alpha value is -2.64. The number of aromatic nitrogens is 1. The van der Waals surface area contributed by atoms with Gasteiger partial charge in [0.05, 0.1) is 5.56 Å². The van der Waals surface area contributed by atoms with E-state index >= 15 is 0 Å². The van der Waals surface area contributed by atoms with Crippen molar-refractivity contribution in [2.45, 2.75) is 6.92 Å². The highest BCUT2D eigenvalue weighted by atomic mass is 35.5. The summed E-state index contributed by atoms with van der Waals surface area (Å²) in [5.41, 5.74) is 0.339. The largest absolute Gasteiger partial charge is 0.477 e. The van der Waals surface area contributed by atoms with Crippen molar-refractivity contribution in [2.75, 3.05) is 0 Å². The molecule has 0 radical (unpaired) electrons. The van der Waals surface area contributed by atoms with Crippen LogP contribution in [0.2, 0.25) is 5.02 Å². The number of carboxylic acids is 2. The number of nitrogens with one attached hydrogen (secondary N) is 1. The molecule has 2 heterocycles. The molecule has 8 heteroatoms. The van der Waals surface area contributed by atoms with E-state index in [1.165, 1.54) is 24.3 Å². The zero-order chi connectivity index (χ0) is 17.6. The van der Waals surface area contributed by atoms with Crippen LogP contribution in [0.15, 0.2) is 24.3 Å². The van der Waals surface area contributed by atoms with Gasteiger partial charge in [0, 0.05) is 16.0 Å². The minimum Gasteiger partial charge on any atom is -0.477 e. The van der Waals surface area contributed by atoms with Crippen molar-refractivity contribution in [3.63, 3.8) is 0 Å². The molecule has 0 fully saturated rings. The van der Waals surface area contributed by atoms with E-state index in [1.54, 1.807) is 6.92 Å². The van der Waals surface area contributed by atoms with Crippen LogP contribution in [0.5, 0.6) is 0 Å². The number of carboxylic acid groups (broad SMARTS) is 2. The second-order valence-corrected chi connectivity index (χ2v) is 6.54. The normalized spacial score (nSPS) is 10.9. The number of hydrogen-bond acceptors (Lipinski definition) is 4. The molecular formula is C16H10ClNO5S. The average Bonchev–Trinajstić information content (AvgIpc) is 3.05. The summed E-state index contributed by atoms with van der Waals surface area (Å²) >= 11 is 6.71. The molecule has 0 saturated carbocycles. The first-order chi connectivity index (χ1) is 11.3. The summed E-state index contributed by atoms with van der Waals surface area (Å²) in [6, 6.07) is 6.05. The standard InChI is InChI=1S/C16H10ClNO5S/c1-6-9-10(12(19)7-2-4-8(17)5-3-7)11(15(20)21)18-14(9)24-13(6)16(22)23/h2-5,18H,1H3,(H,20,21)(H,22,23). The predicted octanol–water partition coefficient (Wildman–Crippen LogP) is 3.82. The summed E-state index contributed by atoms with van der Waals surface area (Å²) < 4.78 is 0. The molecule has 0 aliphatic rings. The number of rotatable bonds is 4. The third-order valence-electron chi connectivity index (χ3n) is 3.63. The number of ketones is 1. The molecule has 122 valence electrons. The van der Waals surface area contributed by atoms with E-state index in [0.717, 1.165) is 11.3 Å². The first-order valence-electron chi connectivity index (χ1n) is 6.73. The number of H-pyrrole nitrogens is 1. The molecule has 2 aromatic heterocycles. The Bertz CT molecular complexity index is 1000. The maximum atomic E-state index is 12.8. The zero-order valence-electron chi connectivity index (χ0n) is 12.2. The highest BCUT2D eigenvalue weighted by Crippen LogP contribution is 2.36. The molecule has 6 nitrogen and oxygen atoms in total. The van der Waals surface area contributed by atoms with E-state index in [1.807, 2.05) is 0 Å². The second-order valence-electron chi connectivity index (χ2n) is 5.08. The van der Waals surface area contributed by atoms with Crippen LogP contribution in [0.1, 0.15) is 41.6 Å². The monoisotopic (exact) mass is 363 g/mol. The summed E-state index contributed by atoms with van der Waals surface area (Å²) in [7, 11) is 0. The van der Waals surface area contributed by atoms with Gasteiger partial charge in [-0.3, -0.25) is 4.79 Å². The van der Waals surface area contributed by atoms with Gasteiger partial charge < -0.3 is 15.2 Å². The average molecular weight is 364 g/mol. The highest BCUT2D eigenvalue weighted by molar-refractivity contribution is 7.20. The van der Waals surface area contributed by atoms with E-state index < -0.39 is 17.7 Å². The van der Waals surface area contributed by atoms with Crippen LogP contribution in [-0.2, 0) is 0 Å². The van der Waals surface area contributed by atoms with Crippen molar-refractivity contribution in [2.24, 2.45) is 0 Å². The number of aryl methyl sites for hydroxylation is 1. The fourth-order valence-electron chi connectivity index (χ4n) is 2.54. The van der Waals surface area contributed by atoms with Crippen LogP contribution in [0, 0.1) is 6.92 Å². The van der Waals surface area contributed by atoms with Crippen LogP contribution >= 0.6 is 22.9 Å². The molecular weight excluding hydrogens is 354 g/mol. The first-order valence-corrected chi connectivity index (χ1v) is 7.92. The Morgan fingerprint density at radius 1 is 1.08 bits per heavy atom. The fraction of sp³-hybridized carbons (Fsp3) is 0.0625. The lowest BCUT2D eigenvalue weighted by Gasteiger charge is -2.03. The van der Waals surface area contributed by atoms with Gasteiger partial charge in [-0.25, -0.2) is 9.59 Å². The van der Waals surface area contributed by atoms with Gasteiger partial charge in [-0.05, 0) is 36.8 Å². The summed E-state index contributed by atoms with van der Waals surface area (Å²) in [6.07, 6.45) is 0. The molecule has 3 N–H and O–H groups in total. The fourth-order valence-corrected chi connectivity index (χ4v) is 3.72. The van der Waals surface area contributed by atoms with Crippen molar-refractivity contribution < 1.29 is 24.6 Å². The number of thiophene rings is 1. The van der Waals surface area contributed by atoms with Crippen LogP contribution < -0.4 is 0 Å². The molecule has 0 aliphatic carbocycles. The molecule has 0 atom stereocenters. The third kappa shape index (κ3) is 2.47. The number of carbonyl (C=O) groups is 3. The topological polar surface area (TPSA) is 107 Å². The maximum absolute atomic E-state index is 12.8. The molecule has 0 unspecified atom stereocenters. The lowest BCUT2D eigenvalue weighted by Crippen LogP contribution is -2.09. The van der Waals surface area contributed by atoms with Crippen molar-refractivity contribution in [1.82, 2.24) is 4.98 Å². The lowest BCUT2D eigenvalue weighted by atomic mass is 9.99. The van der Waals surface area contributed by atoms with Crippen molar-refractivity contribution >= 4 is 50.9 Å². The lowest BCUT2D eigenvalue weighted by molar-refractivity contribution is 0.0683. The quantitative estimate of drug-likeness (QED) is 0.611. The first kappa shape index (κ1) is 16.2. The molecule has 1 aromatic carbocycles. The van der Waals surface area contributed by atoms with E-state index in [9.17, 15) is 24.6 Å². The van der Waals surface area contributed by atoms with Crippen LogP contribution in [-0.4, -0.2) is 32.9 Å². The number of aromatic amines is 1. The van der Waals surface area contributed by atoms with Crippen LogP contribution in [0.3, 0.4) is 0 Å². The zero-order valence-corrected chi connectivity index (χ0v) is 13.8. The molecule has 0 amide bonds. The summed E-state index contributed by atoms with van der Waals surface area (Å²) in [6.45, 7) is 1.56. The predicted molar refractivity (Wildman–Crippen MR) is 89.7 cm³/mol. The molecule has 3 rings (SSSR count). The number of fused-ring (bicyclic) bond motifs is 1. The molecule has 0 saturated heterocycles. The summed E-state index contributed by atoms with van der Waals surface area (Å²) in [5.74, 6) is -2.91. The van der Waals surface area contributed by atoms with Gasteiger partial charge in [-0.15, -0.1) is 11.3 Å². The molecule has 0 bridgehead atoms. The Balaban J connectivity index is 2.29. The van der Waals surface area contributed by atoms with Gasteiger partial charge in [0.25, 0.3) is 0 Å². The van der Waals surface area contributed by atoms with Gasteiger partial charge in [0.1, 0.15) is 15.4 Å². The Labute approximate surface area is 144 Å². The van der Waals surface area contributed by atoms with Crippen LogP contribution in [0.25, 0.3) is 10.2 Å². The number of benzene rings is 1. The van der Waals surface area contributed by atoms with Crippen molar-refractivity contribution in [3.8, 4) is 0 Å². The number of aromatic carboxylic acids is 2.